The van der Waals surface area contributed by atoms with Crippen molar-refractivity contribution in [2.45, 2.75) is 45.4 Å². The van der Waals surface area contributed by atoms with E-state index in [1.165, 1.54) is 26.8 Å². The quantitative estimate of drug-likeness (QED) is 0.405. The Morgan fingerprint density at radius 1 is 1.00 bits per heavy atom. The lowest BCUT2D eigenvalue weighted by molar-refractivity contribution is -0.259. The number of aldehydes is 1. The minimum Gasteiger partial charge on any atom is -0.461 e. The fourth-order valence-corrected chi connectivity index (χ4v) is 2.61. The van der Waals surface area contributed by atoms with Crippen LogP contribution in [0.15, 0.2) is 24.3 Å². The Morgan fingerprint density at radius 3 is 2.22 bits per heavy atom. The van der Waals surface area contributed by atoms with Gasteiger partial charge in [-0.25, -0.2) is 0 Å². The molecular weight excluding hydrogens is 360 g/mol. The molecule has 0 radical (unpaired) electrons. The van der Waals surface area contributed by atoms with Crippen molar-refractivity contribution in [2.75, 3.05) is 6.61 Å². The summed E-state index contributed by atoms with van der Waals surface area (Å²) in [7, 11) is 0. The van der Waals surface area contributed by atoms with Crippen molar-refractivity contribution < 1.29 is 42.9 Å². The van der Waals surface area contributed by atoms with Crippen molar-refractivity contribution in [1.29, 1.82) is 0 Å². The lowest BCUT2D eigenvalue weighted by Crippen LogP contribution is -2.59. The van der Waals surface area contributed by atoms with Gasteiger partial charge in [0.05, 0.1) is 6.61 Å². The second-order valence-corrected chi connectivity index (χ2v) is 5.81. The molecule has 4 atom stereocenters. The number of rotatable bonds is 6. The highest BCUT2D eigenvalue weighted by Crippen LogP contribution is 2.27. The average molecular weight is 380 g/mol. The van der Waals surface area contributed by atoms with E-state index in [0.717, 1.165) is 0 Å². The van der Waals surface area contributed by atoms with Gasteiger partial charge in [-0.15, -0.1) is 0 Å². The van der Waals surface area contributed by atoms with Crippen LogP contribution in [0.25, 0.3) is 0 Å². The summed E-state index contributed by atoms with van der Waals surface area (Å²) in [4.78, 5) is 45.3. The molecule has 0 aliphatic carbocycles. The molecule has 1 aliphatic rings. The summed E-state index contributed by atoms with van der Waals surface area (Å²) in [5, 5.41) is 0. The standard InChI is InChI=1S/C18H20O9/c1-10(20)24-15-9-23-18(27-14-6-4-5-13(7-14)8-19)17(26-12(3)22)16(15)25-11(2)21/h4-8,15-18H,9H2,1-3H3/t15-,16-,17+,18+/m1/s1. The van der Waals surface area contributed by atoms with Crippen molar-refractivity contribution in [1.82, 2.24) is 0 Å². The van der Waals surface area contributed by atoms with Crippen LogP contribution in [0.1, 0.15) is 31.1 Å². The van der Waals surface area contributed by atoms with Crippen LogP contribution >= 0.6 is 0 Å². The van der Waals surface area contributed by atoms with Crippen LogP contribution in [0.4, 0.5) is 0 Å². The Labute approximate surface area is 155 Å². The fraction of sp³-hybridized carbons (Fsp3) is 0.444. The summed E-state index contributed by atoms with van der Waals surface area (Å²) in [6.07, 6.45) is -3.78. The van der Waals surface area contributed by atoms with Gasteiger partial charge in [-0.3, -0.25) is 19.2 Å². The second kappa shape index (κ2) is 9.13. The first-order chi connectivity index (χ1) is 12.8. The highest BCUT2D eigenvalue weighted by atomic mass is 16.7. The third kappa shape index (κ3) is 5.78. The van der Waals surface area contributed by atoms with E-state index < -0.39 is 42.5 Å². The molecule has 27 heavy (non-hydrogen) atoms. The average Bonchev–Trinajstić information content (AvgIpc) is 2.59. The zero-order valence-corrected chi connectivity index (χ0v) is 15.1. The molecule has 0 unspecified atom stereocenters. The van der Waals surface area contributed by atoms with Gasteiger partial charge in [0.25, 0.3) is 0 Å². The Bertz CT molecular complexity index is 715. The second-order valence-electron chi connectivity index (χ2n) is 5.81. The normalized spacial score (nSPS) is 24.4. The van der Waals surface area contributed by atoms with Crippen LogP contribution in [0.3, 0.4) is 0 Å². The van der Waals surface area contributed by atoms with Gasteiger partial charge in [-0.2, -0.15) is 0 Å². The van der Waals surface area contributed by atoms with Crippen LogP contribution in [-0.2, 0) is 33.3 Å². The molecule has 1 aliphatic heterocycles. The molecule has 0 bridgehead atoms. The number of benzene rings is 1. The van der Waals surface area contributed by atoms with Crippen molar-refractivity contribution in [3.63, 3.8) is 0 Å². The SMILES string of the molecule is CC(=O)O[C@@H]1[C@H](Oc2cccc(C=O)c2)OC[C@@H](OC(C)=O)[C@H]1OC(C)=O. The first-order valence-corrected chi connectivity index (χ1v) is 8.15. The van der Waals surface area contributed by atoms with Crippen molar-refractivity contribution in [3.05, 3.63) is 29.8 Å². The molecule has 0 N–H and O–H groups in total. The van der Waals surface area contributed by atoms with Gasteiger partial charge in [0, 0.05) is 26.3 Å². The van der Waals surface area contributed by atoms with Crippen molar-refractivity contribution in [2.24, 2.45) is 0 Å². The van der Waals surface area contributed by atoms with Crippen LogP contribution in [0, 0.1) is 0 Å². The van der Waals surface area contributed by atoms with E-state index in [4.69, 9.17) is 23.7 Å². The molecule has 1 heterocycles. The number of carbonyl (C=O) groups excluding carboxylic acids is 4. The number of hydrogen-bond acceptors (Lipinski definition) is 9. The highest BCUT2D eigenvalue weighted by molar-refractivity contribution is 5.75. The van der Waals surface area contributed by atoms with Gasteiger partial charge < -0.3 is 23.7 Å². The van der Waals surface area contributed by atoms with Crippen LogP contribution < -0.4 is 4.74 Å². The summed E-state index contributed by atoms with van der Waals surface area (Å²) >= 11 is 0. The lowest BCUT2D eigenvalue weighted by atomic mass is 10.0. The van der Waals surface area contributed by atoms with Gasteiger partial charge in [0.15, 0.2) is 12.2 Å². The first kappa shape index (κ1) is 20.4. The number of esters is 3. The first-order valence-electron chi connectivity index (χ1n) is 8.15. The predicted molar refractivity (Wildman–Crippen MR) is 88.9 cm³/mol. The maximum atomic E-state index is 11.5. The molecule has 146 valence electrons. The molecule has 0 saturated carbocycles. The lowest BCUT2D eigenvalue weighted by Gasteiger charge is -2.40. The predicted octanol–water partition coefficient (Wildman–Crippen LogP) is 1.03. The molecule has 1 saturated heterocycles. The van der Waals surface area contributed by atoms with E-state index in [2.05, 4.69) is 0 Å². The summed E-state index contributed by atoms with van der Waals surface area (Å²) in [5.74, 6) is -1.65. The van der Waals surface area contributed by atoms with Gasteiger partial charge in [0.2, 0.25) is 12.4 Å². The maximum Gasteiger partial charge on any atom is 0.303 e. The van der Waals surface area contributed by atoms with E-state index in [1.807, 2.05) is 0 Å². The number of carbonyl (C=O) groups is 4. The number of hydrogen-bond donors (Lipinski definition) is 0. The number of ether oxygens (including phenoxy) is 5. The van der Waals surface area contributed by atoms with E-state index in [0.29, 0.717) is 11.8 Å². The monoisotopic (exact) mass is 380 g/mol. The van der Waals surface area contributed by atoms with Gasteiger partial charge in [-0.1, -0.05) is 12.1 Å². The van der Waals surface area contributed by atoms with Crippen LogP contribution in [-0.4, -0.2) is 55.4 Å². The molecule has 2 rings (SSSR count). The van der Waals surface area contributed by atoms with Crippen LogP contribution in [0.5, 0.6) is 5.75 Å². The molecule has 0 spiro atoms. The molecule has 9 nitrogen and oxygen atoms in total. The molecule has 0 amide bonds. The molecule has 1 fully saturated rings. The van der Waals surface area contributed by atoms with E-state index >= 15 is 0 Å². The minimum absolute atomic E-state index is 0.146. The smallest absolute Gasteiger partial charge is 0.303 e. The molecule has 0 aromatic heterocycles. The van der Waals surface area contributed by atoms with Crippen molar-refractivity contribution in [3.8, 4) is 5.75 Å². The Hall–Kier alpha value is -2.94. The van der Waals surface area contributed by atoms with Gasteiger partial charge in [-0.05, 0) is 12.1 Å². The minimum atomic E-state index is -1.19. The summed E-state index contributed by atoms with van der Waals surface area (Å²) in [6, 6.07) is 6.25. The van der Waals surface area contributed by atoms with E-state index in [9.17, 15) is 19.2 Å². The molecule has 1 aromatic carbocycles. The molecule has 1 aromatic rings. The topological polar surface area (TPSA) is 114 Å². The van der Waals surface area contributed by atoms with Gasteiger partial charge in [0.1, 0.15) is 12.0 Å². The summed E-state index contributed by atoms with van der Waals surface area (Å²) in [6.45, 7) is 3.39. The Balaban J connectivity index is 2.28. The third-order valence-electron chi connectivity index (χ3n) is 3.55. The Kier molecular flexibility index (Phi) is 6.89. The zero-order valence-electron chi connectivity index (χ0n) is 15.1. The highest BCUT2D eigenvalue weighted by Gasteiger charge is 2.48. The fourth-order valence-electron chi connectivity index (χ4n) is 2.61. The van der Waals surface area contributed by atoms with Gasteiger partial charge >= 0.3 is 17.9 Å². The maximum absolute atomic E-state index is 11.5. The summed E-state index contributed by atoms with van der Waals surface area (Å²) < 4.78 is 26.8. The third-order valence-corrected chi connectivity index (χ3v) is 3.55. The molecule has 9 heteroatoms. The largest absolute Gasteiger partial charge is 0.461 e. The van der Waals surface area contributed by atoms with E-state index in [-0.39, 0.29) is 12.4 Å². The summed E-state index contributed by atoms with van der Waals surface area (Å²) in [5.41, 5.74) is 0.377. The van der Waals surface area contributed by atoms with E-state index in [1.54, 1.807) is 18.2 Å². The van der Waals surface area contributed by atoms with Crippen LogP contribution in [0.2, 0.25) is 0 Å². The Morgan fingerprint density at radius 2 is 1.63 bits per heavy atom. The van der Waals surface area contributed by atoms with Crippen molar-refractivity contribution >= 4 is 24.2 Å². The molecular formula is C18H20O9. The zero-order chi connectivity index (χ0) is 20.0.